The third-order valence-electron chi connectivity index (χ3n) is 4.22. The van der Waals surface area contributed by atoms with Gasteiger partial charge >= 0.3 is 0 Å². The van der Waals surface area contributed by atoms with Gasteiger partial charge in [0.2, 0.25) is 0 Å². The molecule has 25 heavy (non-hydrogen) atoms. The van der Waals surface area contributed by atoms with Crippen molar-refractivity contribution in [2.45, 2.75) is 58.0 Å². The molecule has 0 amide bonds. The summed E-state index contributed by atoms with van der Waals surface area (Å²) >= 11 is 6.28. The summed E-state index contributed by atoms with van der Waals surface area (Å²) in [6, 6.07) is 4.17. The minimum atomic E-state index is 0. The summed E-state index contributed by atoms with van der Waals surface area (Å²) < 4.78 is 10.9. The predicted molar refractivity (Wildman–Crippen MR) is 115 cm³/mol. The zero-order valence-electron chi connectivity index (χ0n) is 15.0. The van der Waals surface area contributed by atoms with Crippen molar-refractivity contribution in [3.05, 3.63) is 22.7 Å². The second kappa shape index (κ2) is 11.7. The molecule has 1 saturated carbocycles. The van der Waals surface area contributed by atoms with E-state index in [1.807, 2.05) is 19.1 Å². The molecule has 0 radical (unpaired) electrons. The average molecular weight is 482 g/mol. The summed E-state index contributed by atoms with van der Waals surface area (Å²) in [5.74, 6) is 1.68. The van der Waals surface area contributed by atoms with E-state index in [0.717, 1.165) is 5.56 Å². The van der Waals surface area contributed by atoms with Gasteiger partial charge in [-0.3, -0.25) is 0 Å². The molecule has 3 N–H and O–H groups in total. The van der Waals surface area contributed by atoms with Crippen molar-refractivity contribution in [2.75, 3.05) is 13.7 Å². The Balaban J connectivity index is 0.00000312. The minimum absolute atomic E-state index is 0. The lowest BCUT2D eigenvalue weighted by Crippen LogP contribution is -2.39. The van der Waals surface area contributed by atoms with Crippen LogP contribution in [-0.2, 0) is 6.54 Å². The van der Waals surface area contributed by atoms with Gasteiger partial charge < -0.3 is 20.5 Å². The van der Waals surface area contributed by atoms with Gasteiger partial charge in [-0.15, -0.1) is 24.0 Å². The lowest BCUT2D eigenvalue weighted by molar-refractivity contribution is 0.311. The summed E-state index contributed by atoms with van der Waals surface area (Å²) in [5.41, 5.74) is 6.98. The van der Waals surface area contributed by atoms with E-state index in [2.05, 4.69) is 10.3 Å². The molecule has 0 heterocycles. The number of guanidine groups is 1. The maximum atomic E-state index is 6.28. The smallest absolute Gasteiger partial charge is 0.189 e. The van der Waals surface area contributed by atoms with Gasteiger partial charge in [0.05, 0.1) is 25.3 Å². The molecule has 7 heteroatoms. The predicted octanol–water partition coefficient (Wildman–Crippen LogP) is 4.49. The highest BCUT2D eigenvalue weighted by Gasteiger charge is 2.13. The van der Waals surface area contributed by atoms with E-state index in [4.69, 9.17) is 26.8 Å². The molecule has 2 rings (SSSR count). The van der Waals surface area contributed by atoms with Crippen molar-refractivity contribution in [1.29, 1.82) is 0 Å². The third-order valence-corrected chi connectivity index (χ3v) is 4.50. The van der Waals surface area contributed by atoms with Gasteiger partial charge in [0, 0.05) is 6.04 Å². The first-order valence-electron chi connectivity index (χ1n) is 8.69. The van der Waals surface area contributed by atoms with E-state index in [9.17, 15) is 0 Å². The SMILES string of the molecule is CCOc1c(Cl)cc(CN=C(N)NC2CCCCCC2)cc1OC.I. The molecule has 0 aromatic heterocycles. The molecule has 0 saturated heterocycles. The second-order valence-electron chi connectivity index (χ2n) is 6.08. The van der Waals surface area contributed by atoms with Crippen molar-refractivity contribution < 1.29 is 9.47 Å². The summed E-state index contributed by atoms with van der Waals surface area (Å²) in [4.78, 5) is 4.44. The fourth-order valence-electron chi connectivity index (χ4n) is 3.00. The van der Waals surface area contributed by atoms with Gasteiger partial charge in [-0.25, -0.2) is 4.99 Å². The summed E-state index contributed by atoms with van der Waals surface area (Å²) in [5, 5.41) is 3.87. The largest absolute Gasteiger partial charge is 0.493 e. The molecule has 1 aliphatic carbocycles. The van der Waals surface area contributed by atoms with E-state index in [-0.39, 0.29) is 24.0 Å². The maximum absolute atomic E-state index is 6.28. The molecule has 1 fully saturated rings. The Bertz CT molecular complexity index is 561. The second-order valence-corrected chi connectivity index (χ2v) is 6.48. The molecular formula is C18H29ClIN3O2. The van der Waals surface area contributed by atoms with E-state index in [1.54, 1.807) is 7.11 Å². The molecule has 1 aromatic rings. The molecule has 5 nitrogen and oxygen atoms in total. The molecule has 0 aliphatic heterocycles. The van der Waals surface area contributed by atoms with E-state index >= 15 is 0 Å². The van der Waals surface area contributed by atoms with Gasteiger partial charge in [-0.2, -0.15) is 0 Å². The fraction of sp³-hybridized carbons (Fsp3) is 0.611. The van der Waals surface area contributed by atoms with Crippen molar-refractivity contribution in [2.24, 2.45) is 10.7 Å². The molecule has 0 bridgehead atoms. The Morgan fingerprint density at radius 3 is 2.56 bits per heavy atom. The maximum Gasteiger partial charge on any atom is 0.189 e. The number of halogens is 2. The van der Waals surface area contributed by atoms with Crippen LogP contribution in [0.1, 0.15) is 51.0 Å². The zero-order chi connectivity index (χ0) is 17.4. The van der Waals surface area contributed by atoms with Gasteiger partial charge in [0.25, 0.3) is 0 Å². The number of ether oxygens (including phenoxy) is 2. The number of nitrogens with one attached hydrogen (secondary N) is 1. The molecule has 1 aliphatic rings. The monoisotopic (exact) mass is 481 g/mol. The number of nitrogens with zero attached hydrogens (tertiary/aromatic N) is 1. The lowest BCUT2D eigenvalue weighted by atomic mass is 10.1. The van der Waals surface area contributed by atoms with Gasteiger partial charge in [-0.1, -0.05) is 37.3 Å². The molecule has 0 unspecified atom stereocenters. The Morgan fingerprint density at radius 2 is 1.96 bits per heavy atom. The number of methoxy groups -OCH3 is 1. The van der Waals surface area contributed by atoms with Gasteiger partial charge in [0.1, 0.15) is 0 Å². The first-order chi connectivity index (χ1) is 11.6. The standard InChI is InChI=1S/C18H28ClN3O2.HI/c1-3-24-17-15(19)10-13(11-16(17)23-2)12-21-18(20)22-14-8-6-4-5-7-9-14;/h10-11,14H,3-9,12H2,1-2H3,(H3,20,21,22);1H. The van der Waals surface area contributed by atoms with E-state index in [1.165, 1.54) is 38.5 Å². The van der Waals surface area contributed by atoms with Crippen LogP contribution in [0.4, 0.5) is 0 Å². The number of hydrogen-bond donors (Lipinski definition) is 2. The van der Waals surface area contributed by atoms with Crippen molar-refractivity contribution in [3.63, 3.8) is 0 Å². The summed E-state index contributed by atoms with van der Waals surface area (Å²) in [7, 11) is 1.60. The van der Waals surface area contributed by atoms with Crippen molar-refractivity contribution in [3.8, 4) is 11.5 Å². The van der Waals surface area contributed by atoms with Crippen LogP contribution in [0.15, 0.2) is 17.1 Å². The lowest BCUT2D eigenvalue weighted by Gasteiger charge is -2.17. The Morgan fingerprint density at radius 1 is 1.28 bits per heavy atom. The third kappa shape index (κ3) is 7.09. The number of aliphatic imine (C=N–C) groups is 1. The average Bonchev–Trinajstić information content (AvgIpc) is 2.83. The number of benzene rings is 1. The normalized spacial score (nSPS) is 15.9. The molecule has 142 valence electrons. The van der Waals surface area contributed by atoms with Gasteiger partial charge in [0.15, 0.2) is 17.5 Å². The summed E-state index contributed by atoms with van der Waals surface area (Å²) in [6.45, 7) is 2.90. The highest BCUT2D eigenvalue weighted by atomic mass is 127. The van der Waals surface area contributed by atoms with Crippen LogP contribution >= 0.6 is 35.6 Å². The zero-order valence-corrected chi connectivity index (χ0v) is 18.1. The molecule has 0 atom stereocenters. The Labute approximate surface area is 172 Å². The number of hydrogen-bond acceptors (Lipinski definition) is 3. The van der Waals surface area contributed by atoms with Crippen molar-refractivity contribution >= 4 is 41.5 Å². The molecule has 0 spiro atoms. The highest BCUT2D eigenvalue weighted by Crippen LogP contribution is 2.36. The van der Waals surface area contributed by atoms with Crippen molar-refractivity contribution in [1.82, 2.24) is 5.32 Å². The topological polar surface area (TPSA) is 68.9 Å². The van der Waals surface area contributed by atoms with Crippen LogP contribution in [0.25, 0.3) is 0 Å². The first kappa shape index (κ1) is 22.2. The van der Waals surface area contributed by atoms with Crippen LogP contribution in [0.5, 0.6) is 11.5 Å². The fourth-order valence-corrected chi connectivity index (χ4v) is 3.29. The van der Waals surface area contributed by atoms with Crippen LogP contribution < -0.4 is 20.5 Å². The van der Waals surface area contributed by atoms with E-state index < -0.39 is 0 Å². The van der Waals surface area contributed by atoms with Crippen LogP contribution in [-0.4, -0.2) is 25.7 Å². The highest BCUT2D eigenvalue weighted by molar-refractivity contribution is 14.0. The van der Waals surface area contributed by atoms with Crippen LogP contribution in [0.3, 0.4) is 0 Å². The first-order valence-corrected chi connectivity index (χ1v) is 9.07. The summed E-state index contributed by atoms with van der Waals surface area (Å²) in [6.07, 6.45) is 7.49. The molecular weight excluding hydrogens is 453 g/mol. The van der Waals surface area contributed by atoms with Gasteiger partial charge in [-0.05, 0) is 37.5 Å². The number of nitrogens with two attached hydrogens (primary N) is 1. The molecule has 1 aromatic carbocycles. The quantitative estimate of drug-likeness (QED) is 0.272. The Kier molecular flexibility index (Phi) is 10.3. The van der Waals surface area contributed by atoms with Crippen LogP contribution in [0.2, 0.25) is 5.02 Å². The minimum Gasteiger partial charge on any atom is -0.493 e. The Hall–Kier alpha value is -0.890. The number of rotatable bonds is 6. The van der Waals surface area contributed by atoms with E-state index in [0.29, 0.717) is 41.7 Å². The van der Waals surface area contributed by atoms with Crippen LogP contribution in [0, 0.1) is 0 Å².